The van der Waals surface area contributed by atoms with Gasteiger partial charge in [-0.3, -0.25) is 9.59 Å². The van der Waals surface area contributed by atoms with Crippen molar-refractivity contribution in [3.8, 4) is 5.75 Å². The summed E-state index contributed by atoms with van der Waals surface area (Å²) >= 11 is 0. The number of primary amides is 1. The fourth-order valence-electron chi connectivity index (χ4n) is 2.31. The van der Waals surface area contributed by atoms with Gasteiger partial charge in [0.05, 0.1) is 0 Å². The molecule has 0 heterocycles. The van der Waals surface area contributed by atoms with Crippen LogP contribution in [0.25, 0.3) is 0 Å². The van der Waals surface area contributed by atoms with Crippen LogP contribution in [0.4, 0.5) is 0 Å². The molecule has 3 N–H and O–H groups in total. The van der Waals surface area contributed by atoms with Crippen molar-refractivity contribution in [1.29, 1.82) is 0 Å². The third-order valence-electron chi connectivity index (χ3n) is 3.44. The summed E-state index contributed by atoms with van der Waals surface area (Å²) in [6.07, 6.45) is 0.514. The van der Waals surface area contributed by atoms with Gasteiger partial charge in [0, 0.05) is 0 Å². The quantitative estimate of drug-likeness (QED) is 0.809. The molecule has 128 valence electrons. The van der Waals surface area contributed by atoms with Crippen molar-refractivity contribution in [2.75, 3.05) is 6.61 Å². The molecule has 0 saturated carbocycles. The van der Waals surface area contributed by atoms with Crippen molar-refractivity contribution in [2.24, 2.45) is 11.7 Å². The van der Waals surface area contributed by atoms with Crippen molar-refractivity contribution in [2.45, 2.75) is 52.5 Å². The highest BCUT2D eigenvalue weighted by Gasteiger charge is 2.21. The fraction of sp³-hybridized carbons (Fsp3) is 0.556. The predicted octanol–water partition coefficient (Wildman–Crippen LogP) is 2.38. The maximum atomic E-state index is 12.0. The van der Waals surface area contributed by atoms with E-state index in [-0.39, 0.29) is 23.8 Å². The normalized spacial score (nSPS) is 12.8. The molecule has 0 fully saturated rings. The van der Waals surface area contributed by atoms with Crippen molar-refractivity contribution in [1.82, 2.24) is 5.32 Å². The second-order valence-corrected chi connectivity index (χ2v) is 7.19. The molecular formula is C18H28N2O3. The molecule has 0 unspecified atom stereocenters. The Hall–Kier alpha value is -2.04. The molecule has 0 aliphatic heterocycles. The van der Waals surface area contributed by atoms with Gasteiger partial charge in [-0.25, -0.2) is 0 Å². The maximum absolute atomic E-state index is 12.0. The van der Waals surface area contributed by atoms with Crippen LogP contribution in [0.3, 0.4) is 0 Å². The van der Waals surface area contributed by atoms with Crippen LogP contribution in [-0.2, 0) is 15.0 Å². The van der Waals surface area contributed by atoms with Gasteiger partial charge in [0.25, 0.3) is 5.91 Å². The van der Waals surface area contributed by atoms with Gasteiger partial charge in [-0.2, -0.15) is 0 Å². The van der Waals surface area contributed by atoms with Gasteiger partial charge >= 0.3 is 0 Å². The average Bonchev–Trinajstić information content (AvgIpc) is 2.43. The first-order valence-corrected chi connectivity index (χ1v) is 7.92. The molecule has 1 rings (SSSR count). The zero-order valence-corrected chi connectivity index (χ0v) is 14.7. The first-order chi connectivity index (χ1) is 10.6. The molecule has 5 nitrogen and oxygen atoms in total. The van der Waals surface area contributed by atoms with E-state index in [2.05, 4.69) is 26.1 Å². The highest BCUT2D eigenvalue weighted by atomic mass is 16.5. The number of nitrogens with one attached hydrogen (secondary N) is 1. The summed E-state index contributed by atoms with van der Waals surface area (Å²) in [6.45, 7) is 10.0. The first-order valence-electron chi connectivity index (χ1n) is 7.92. The summed E-state index contributed by atoms with van der Waals surface area (Å²) in [7, 11) is 0. The predicted molar refractivity (Wildman–Crippen MR) is 91.2 cm³/mol. The minimum Gasteiger partial charge on any atom is -0.483 e. The number of hydrogen-bond donors (Lipinski definition) is 2. The second-order valence-electron chi connectivity index (χ2n) is 7.19. The standard InChI is InChI=1S/C18H28N2O3/c1-12(2)10-14(17(19)22)20-16(21)11-23-15-9-7-6-8-13(15)18(3,4)5/h6-9,12,14H,10-11H2,1-5H3,(H2,19,22)(H,20,21)/t14-/m0/s1. The molecular weight excluding hydrogens is 292 g/mol. The van der Waals surface area contributed by atoms with Crippen LogP contribution in [0.1, 0.15) is 46.6 Å². The van der Waals surface area contributed by atoms with Gasteiger partial charge in [-0.05, 0) is 29.4 Å². The molecule has 0 aliphatic carbocycles. The van der Waals surface area contributed by atoms with E-state index in [9.17, 15) is 9.59 Å². The Morgan fingerprint density at radius 2 is 1.83 bits per heavy atom. The molecule has 1 aromatic carbocycles. The summed E-state index contributed by atoms with van der Waals surface area (Å²) in [4.78, 5) is 23.4. The van der Waals surface area contributed by atoms with Crippen LogP contribution >= 0.6 is 0 Å². The lowest BCUT2D eigenvalue weighted by atomic mass is 9.86. The molecule has 0 saturated heterocycles. The summed E-state index contributed by atoms with van der Waals surface area (Å²) in [5.74, 6) is 0.0604. The van der Waals surface area contributed by atoms with E-state index in [1.165, 1.54) is 0 Å². The number of benzene rings is 1. The van der Waals surface area contributed by atoms with Gasteiger partial charge < -0.3 is 15.8 Å². The SMILES string of the molecule is CC(C)C[C@H](NC(=O)COc1ccccc1C(C)(C)C)C(N)=O. The highest BCUT2D eigenvalue weighted by molar-refractivity contribution is 5.87. The summed E-state index contributed by atoms with van der Waals surface area (Å²) in [6, 6.07) is 6.97. The molecule has 2 amide bonds. The van der Waals surface area contributed by atoms with Crippen molar-refractivity contribution in [3.05, 3.63) is 29.8 Å². The molecule has 0 radical (unpaired) electrons. The number of nitrogens with two attached hydrogens (primary N) is 1. The Labute approximate surface area is 138 Å². The van der Waals surface area contributed by atoms with Gasteiger partial charge in [-0.15, -0.1) is 0 Å². The Morgan fingerprint density at radius 1 is 1.22 bits per heavy atom. The largest absolute Gasteiger partial charge is 0.483 e. The number of amides is 2. The van der Waals surface area contributed by atoms with E-state index in [1.807, 2.05) is 38.1 Å². The van der Waals surface area contributed by atoms with Crippen LogP contribution in [0.15, 0.2) is 24.3 Å². The van der Waals surface area contributed by atoms with E-state index >= 15 is 0 Å². The number of carbonyl (C=O) groups excluding carboxylic acids is 2. The van der Waals surface area contributed by atoms with Gasteiger partial charge in [0.15, 0.2) is 6.61 Å². The summed E-state index contributed by atoms with van der Waals surface area (Å²) < 4.78 is 5.65. The van der Waals surface area contributed by atoms with Crippen molar-refractivity contribution in [3.63, 3.8) is 0 Å². The number of rotatable bonds is 7. The second kappa shape index (κ2) is 7.99. The van der Waals surface area contributed by atoms with Gasteiger partial charge in [0.2, 0.25) is 5.91 Å². The van der Waals surface area contributed by atoms with Crippen LogP contribution in [0.2, 0.25) is 0 Å². The fourth-order valence-corrected chi connectivity index (χ4v) is 2.31. The Morgan fingerprint density at radius 3 is 2.35 bits per heavy atom. The average molecular weight is 320 g/mol. The Kier molecular flexibility index (Phi) is 6.61. The van der Waals surface area contributed by atoms with E-state index in [0.717, 1.165) is 5.56 Å². The zero-order chi connectivity index (χ0) is 17.6. The molecule has 0 spiro atoms. The topological polar surface area (TPSA) is 81.4 Å². The zero-order valence-electron chi connectivity index (χ0n) is 14.7. The smallest absolute Gasteiger partial charge is 0.258 e. The Balaban J connectivity index is 2.68. The van der Waals surface area contributed by atoms with Crippen LogP contribution in [-0.4, -0.2) is 24.5 Å². The third kappa shape index (κ3) is 6.30. The van der Waals surface area contributed by atoms with Crippen LogP contribution < -0.4 is 15.8 Å². The van der Waals surface area contributed by atoms with Crippen molar-refractivity contribution < 1.29 is 14.3 Å². The molecule has 5 heteroatoms. The molecule has 0 aromatic heterocycles. The Bertz CT molecular complexity index is 547. The van der Waals surface area contributed by atoms with E-state index in [0.29, 0.717) is 12.2 Å². The lowest BCUT2D eigenvalue weighted by Gasteiger charge is -2.23. The number of hydrogen-bond acceptors (Lipinski definition) is 3. The minimum absolute atomic E-state index is 0.0829. The van der Waals surface area contributed by atoms with Crippen molar-refractivity contribution >= 4 is 11.8 Å². The van der Waals surface area contributed by atoms with E-state index < -0.39 is 11.9 Å². The summed E-state index contributed by atoms with van der Waals surface area (Å²) in [5, 5.41) is 2.64. The summed E-state index contributed by atoms with van der Waals surface area (Å²) in [5.41, 5.74) is 6.27. The third-order valence-corrected chi connectivity index (χ3v) is 3.44. The lowest BCUT2D eigenvalue weighted by molar-refractivity contribution is -0.128. The first kappa shape index (κ1) is 19.0. The molecule has 0 bridgehead atoms. The molecule has 0 aliphatic rings. The van der Waals surface area contributed by atoms with Crippen LogP contribution in [0.5, 0.6) is 5.75 Å². The lowest BCUT2D eigenvalue weighted by Crippen LogP contribution is -2.46. The molecule has 1 aromatic rings. The van der Waals surface area contributed by atoms with E-state index in [4.69, 9.17) is 10.5 Å². The maximum Gasteiger partial charge on any atom is 0.258 e. The number of para-hydroxylation sites is 1. The number of ether oxygens (including phenoxy) is 1. The van der Waals surface area contributed by atoms with E-state index in [1.54, 1.807) is 0 Å². The molecule has 1 atom stereocenters. The monoisotopic (exact) mass is 320 g/mol. The molecule has 23 heavy (non-hydrogen) atoms. The van der Waals surface area contributed by atoms with Gasteiger partial charge in [0.1, 0.15) is 11.8 Å². The minimum atomic E-state index is -0.663. The van der Waals surface area contributed by atoms with Crippen LogP contribution in [0, 0.1) is 5.92 Å². The number of carbonyl (C=O) groups is 2. The van der Waals surface area contributed by atoms with Gasteiger partial charge in [-0.1, -0.05) is 52.8 Å². The highest BCUT2D eigenvalue weighted by Crippen LogP contribution is 2.30.